The highest BCUT2D eigenvalue weighted by molar-refractivity contribution is 6.02. The van der Waals surface area contributed by atoms with Gasteiger partial charge in [-0.25, -0.2) is 0 Å². The van der Waals surface area contributed by atoms with E-state index in [4.69, 9.17) is 15.2 Å². The Balaban J connectivity index is 1.19. The van der Waals surface area contributed by atoms with E-state index in [2.05, 4.69) is 5.32 Å². The third-order valence-electron chi connectivity index (χ3n) is 11.5. The molecule has 0 amide bonds. The Kier molecular flexibility index (Phi) is 9.67. The fraction of sp³-hybridized carbons (Fsp3) is 0.818. The minimum absolute atomic E-state index is 0.0403. The van der Waals surface area contributed by atoms with E-state index in [1.54, 1.807) is 6.08 Å². The number of aliphatic hydroxyl groups excluding tert-OH is 4. The van der Waals surface area contributed by atoms with Crippen LogP contribution in [0.15, 0.2) is 23.5 Å². The Morgan fingerprint density at radius 3 is 2.52 bits per heavy atom. The van der Waals surface area contributed by atoms with E-state index in [-0.39, 0.29) is 35.8 Å². The van der Waals surface area contributed by atoms with Gasteiger partial charge >= 0.3 is 0 Å². The van der Waals surface area contributed by atoms with Crippen molar-refractivity contribution >= 4 is 11.6 Å². The first-order valence-electron chi connectivity index (χ1n) is 16.8. The highest BCUT2D eigenvalue weighted by atomic mass is 16.7. The molecule has 0 radical (unpaired) electrons. The van der Waals surface area contributed by atoms with Gasteiger partial charge in [0, 0.05) is 5.92 Å². The van der Waals surface area contributed by atoms with Crippen molar-refractivity contribution in [3.63, 3.8) is 0 Å². The Bertz CT molecular complexity index is 1140. The van der Waals surface area contributed by atoms with Gasteiger partial charge in [-0.3, -0.25) is 9.59 Å². The molecule has 11 heteroatoms. The van der Waals surface area contributed by atoms with Gasteiger partial charge < -0.3 is 46.1 Å². The summed E-state index contributed by atoms with van der Waals surface area (Å²) < 4.78 is 12.1. The Morgan fingerprint density at radius 2 is 1.80 bits per heavy atom. The lowest BCUT2D eigenvalue weighted by molar-refractivity contribution is -0.346. The van der Waals surface area contributed by atoms with E-state index in [0.717, 1.165) is 44.2 Å². The molecule has 0 aromatic carbocycles. The van der Waals surface area contributed by atoms with Crippen LogP contribution in [0.2, 0.25) is 0 Å². The molecule has 2 aliphatic heterocycles. The average molecular weight is 619 g/mol. The lowest BCUT2D eigenvalue weighted by Crippen LogP contribution is -2.68. The first-order valence-corrected chi connectivity index (χ1v) is 16.8. The Morgan fingerprint density at radius 1 is 1.02 bits per heavy atom. The lowest BCUT2D eigenvalue weighted by atomic mass is 9.58. The molecule has 246 valence electrons. The maximum absolute atomic E-state index is 14.1. The largest absolute Gasteiger partial charge is 0.512 e. The molecule has 0 bridgehead atoms. The molecule has 12 unspecified atom stereocenters. The number of nitrogens with one attached hydrogen (secondary N) is 1. The molecule has 4 aliphatic carbocycles. The number of hydrogen-bond donors (Lipinski definition) is 7. The van der Waals surface area contributed by atoms with Crippen LogP contribution in [0, 0.1) is 35.5 Å². The van der Waals surface area contributed by atoms with Crippen molar-refractivity contribution in [1.29, 1.82) is 0 Å². The van der Waals surface area contributed by atoms with Crippen LogP contribution in [-0.2, 0) is 19.1 Å². The highest BCUT2D eigenvalue weighted by Crippen LogP contribution is 2.48. The number of rotatable bonds is 7. The molecule has 11 nitrogen and oxygen atoms in total. The minimum atomic E-state index is -2.03. The number of fused-ring (bicyclic) bond motifs is 2. The second kappa shape index (κ2) is 13.2. The number of piperidine rings is 1. The summed E-state index contributed by atoms with van der Waals surface area (Å²) in [6, 6.07) is 0. The zero-order valence-electron chi connectivity index (χ0n) is 25.4. The fourth-order valence-corrected chi connectivity index (χ4v) is 9.02. The van der Waals surface area contributed by atoms with Crippen molar-refractivity contribution in [2.45, 2.75) is 120 Å². The van der Waals surface area contributed by atoms with Crippen LogP contribution in [-0.4, -0.2) is 92.7 Å². The summed E-state index contributed by atoms with van der Waals surface area (Å²) in [6.07, 6.45) is 5.90. The molecule has 6 aliphatic rings. The number of ether oxygens (including phenoxy) is 2. The highest BCUT2D eigenvalue weighted by Gasteiger charge is 2.59. The number of aliphatic hydroxyl groups is 5. The number of nitrogens with two attached hydrogens (primary N) is 1. The Labute approximate surface area is 258 Å². The van der Waals surface area contributed by atoms with Gasteiger partial charge in [0.05, 0.1) is 36.6 Å². The monoisotopic (exact) mass is 618 g/mol. The van der Waals surface area contributed by atoms with Gasteiger partial charge in [-0.2, -0.15) is 0 Å². The maximum atomic E-state index is 14.1. The minimum Gasteiger partial charge on any atom is -0.512 e. The second-order valence-electron chi connectivity index (χ2n) is 14.2. The average Bonchev–Trinajstić information content (AvgIpc) is 3.03. The van der Waals surface area contributed by atoms with Gasteiger partial charge in [-0.05, 0) is 81.4 Å². The topological polar surface area (TPSA) is 192 Å². The molecule has 8 N–H and O–H groups in total. The summed E-state index contributed by atoms with van der Waals surface area (Å²) >= 11 is 0. The van der Waals surface area contributed by atoms with Crippen molar-refractivity contribution in [3.05, 3.63) is 23.5 Å². The van der Waals surface area contributed by atoms with Crippen molar-refractivity contribution < 1.29 is 44.6 Å². The van der Waals surface area contributed by atoms with Crippen LogP contribution in [0.4, 0.5) is 0 Å². The third-order valence-corrected chi connectivity index (χ3v) is 11.5. The fourth-order valence-electron chi connectivity index (χ4n) is 9.02. The van der Waals surface area contributed by atoms with E-state index in [0.29, 0.717) is 38.0 Å². The summed E-state index contributed by atoms with van der Waals surface area (Å²) in [4.78, 5) is 28.0. The van der Waals surface area contributed by atoms with Gasteiger partial charge in [0.1, 0.15) is 35.5 Å². The number of allylic oxidation sites excluding steroid dienone is 4. The molecule has 0 spiro atoms. The molecule has 0 aromatic rings. The predicted octanol–water partition coefficient (Wildman–Crippen LogP) is 1.37. The molecule has 12 atom stereocenters. The summed E-state index contributed by atoms with van der Waals surface area (Å²) in [6.45, 7) is 0.130. The van der Waals surface area contributed by atoms with E-state index >= 15 is 0 Å². The van der Waals surface area contributed by atoms with Crippen LogP contribution < -0.4 is 11.1 Å². The first kappa shape index (κ1) is 32.2. The number of ketones is 2. The summed E-state index contributed by atoms with van der Waals surface area (Å²) in [5.41, 5.74) is 4.97. The zero-order valence-corrected chi connectivity index (χ0v) is 25.4. The molecule has 0 aromatic heterocycles. The molecule has 3 saturated carbocycles. The van der Waals surface area contributed by atoms with E-state index < -0.39 is 66.6 Å². The van der Waals surface area contributed by atoms with Gasteiger partial charge in [0.15, 0.2) is 12.1 Å². The summed E-state index contributed by atoms with van der Waals surface area (Å²) in [5.74, 6) is -2.97. The maximum Gasteiger partial charge on any atom is 0.187 e. The van der Waals surface area contributed by atoms with E-state index in [1.807, 2.05) is 6.08 Å². The van der Waals surface area contributed by atoms with Crippen molar-refractivity contribution in [2.75, 3.05) is 13.2 Å². The normalized spacial score (nSPS) is 45.2. The molecular weight excluding hydrogens is 568 g/mol. The van der Waals surface area contributed by atoms with Crippen molar-refractivity contribution in [3.8, 4) is 0 Å². The van der Waals surface area contributed by atoms with Crippen molar-refractivity contribution in [1.82, 2.24) is 5.32 Å². The lowest BCUT2D eigenvalue weighted by Gasteiger charge is -2.51. The van der Waals surface area contributed by atoms with Gasteiger partial charge in [-0.15, -0.1) is 0 Å². The summed E-state index contributed by atoms with van der Waals surface area (Å²) in [7, 11) is 0. The first-order chi connectivity index (χ1) is 21.1. The Hall–Kier alpha value is -1.70. The molecule has 6 rings (SSSR count). The van der Waals surface area contributed by atoms with Crippen LogP contribution in [0.25, 0.3) is 0 Å². The quantitative estimate of drug-likeness (QED) is 0.218. The van der Waals surface area contributed by atoms with E-state index in [1.165, 1.54) is 6.42 Å². The standard InChI is InChI=1S/C33H50N2O9/c34-25-13-17(10-12-35-25)9-11-33(42)30(40)24(16-36)44-32(31(33)41)43-23-8-4-7-20-27(23)29(39)26-21(28(20)38)14-19(15-22(26)37)18-5-2-1-3-6-18/h14-15,17-18,20-21,23-27,30-32,35-37,40-42H,1-13,16,34H2. The van der Waals surface area contributed by atoms with Crippen LogP contribution in [0.1, 0.15) is 77.0 Å². The van der Waals surface area contributed by atoms with Crippen molar-refractivity contribution in [2.24, 2.45) is 41.2 Å². The van der Waals surface area contributed by atoms with Crippen LogP contribution in [0.3, 0.4) is 0 Å². The molecular formula is C33H50N2O9. The summed E-state index contributed by atoms with van der Waals surface area (Å²) in [5, 5.41) is 58.3. The molecule has 2 saturated heterocycles. The zero-order chi connectivity index (χ0) is 31.2. The van der Waals surface area contributed by atoms with Gasteiger partial charge in [0.2, 0.25) is 0 Å². The van der Waals surface area contributed by atoms with Crippen LogP contribution >= 0.6 is 0 Å². The number of hydrogen-bond acceptors (Lipinski definition) is 11. The smallest absolute Gasteiger partial charge is 0.187 e. The third kappa shape index (κ3) is 5.95. The molecule has 5 fully saturated rings. The SMILES string of the molecule is NC1CC(CCC2(O)C(O)C(CO)OC(OC3CCCC4C(=O)C5C=C(C6CCCCC6)C=C(O)C5C(=O)C34)C2O)CCN1. The number of carbonyl (C=O) groups is 2. The van der Waals surface area contributed by atoms with Gasteiger partial charge in [-0.1, -0.05) is 31.8 Å². The second-order valence-corrected chi connectivity index (χ2v) is 14.2. The van der Waals surface area contributed by atoms with Crippen LogP contribution in [0.5, 0.6) is 0 Å². The number of Topliss-reactive ketones (excluding diaryl/α,β-unsaturated/α-hetero) is 2. The molecule has 2 heterocycles. The van der Waals surface area contributed by atoms with Gasteiger partial charge in [0.25, 0.3) is 0 Å². The number of carbonyl (C=O) groups excluding carboxylic acids is 2. The molecule has 44 heavy (non-hydrogen) atoms. The predicted molar refractivity (Wildman–Crippen MR) is 159 cm³/mol. The van der Waals surface area contributed by atoms with E-state index in [9.17, 15) is 35.1 Å².